The minimum absolute atomic E-state index is 0.133. The Morgan fingerprint density at radius 3 is 2.40 bits per heavy atom. The lowest BCUT2D eigenvalue weighted by Crippen LogP contribution is -2.39. The predicted octanol–water partition coefficient (Wildman–Crippen LogP) is 0.323. The molecule has 0 saturated carbocycles. The summed E-state index contributed by atoms with van der Waals surface area (Å²) in [6, 6.07) is 0. The molecule has 0 aromatic heterocycles. The summed E-state index contributed by atoms with van der Waals surface area (Å²) in [7, 11) is 0. The van der Waals surface area contributed by atoms with Gasteiger partial charge in [-0.25, -0.2) is 0 Å². The number of thiol groups is 1. The third-order valence-corrected chi connectivity index (χ3v) is 2.48. The van der Waals surface area contributed by atoms with Crippen LogP contribution in [0.1, 0.15) is 19.8 Å². The zero-order valence-corrected chi connectivity index (χ0v) is 9.50. The van der Waals surface area contributed by atoms with Crippen LogP contribution in [0.5, 0.6) is 0 Å². The van der Waals surface area contributed by atoms with Crippen LogP contribution >= 0.6 is 12.6 Å². The molecule has 5 nitrogen and oxygen atoms in total. The summed E-state index contributed by atoms with van der Waals surface area (Å²) in [5.41, 5.74) is -1.38. The number of aliphatic hydroxyl groups is 1. The van der Waals surface area contributed by atoms with E-state index in [9.17, 15) is 9.59 Å². The maximum absolute atomic E-state index is 11.0. The fourth-order valence-electron chi connectivity index (χ4n) is 0.922. The van der Waals surface area contributed by atoms with Crippen molar-refractivity contribution in [3.05, 3.63) is 0 Å². The van der Waals surface area contributed by atoms with Gasteiger partial charge in [0.05, 0.1) is 13.0 Å². The van der Waals surface area contributed by atoms with Crippen molar-refractivity contribution in [2.75, 3.05) is 19.0 Å². The second-order valence-corrected chi connectivity index (χ2v) is 3.68. The summed E-state index contributed by atoms with van der Waals surface area (Å²) in [6.45, 7) is 0.770. The fraction of sp³-hybridized carbons (Fsp3) is 0.778. The largest absolute Gasteiger partial charge is 0.481 e. The van der Waals surface area contributed by atoms with Gasteiger partial charge in [-0.15, -0.1) is 0 Å². The highest BCUT2D eigenvalue weighted by Gasteiger charge is 2.37. The number of hydrogen-bond donors (Lipinski definition) is 3. The van der Waals surface area contributed by atoms with Gasteiger partial charge >= 0.3 is 11.9 Å². The molecule has 1 atom stereocenters. The van der Waals surface area contributed by atoms with Gasteiger partial charge in [-0.1, -0.05) is 6.92 Å². The standard InChI is InChI=1S/C9H16O5S/c1-2-9(5-10,8(12)13)6-14-7(11)3-4-15/h10,15H,2-6H2,1H3,(H,12,13). The average Bonchev–Trinajstić information content (AvgIpc) is 2.20. The van der Waals surface area contributed by atoms with E-state index in [1.807, 2.05) is 0 Å². The second kappa shape index (κ2) is 6.68. The third-order valence-electron chi connectivity index (χ3n) is 2.26. The Hall–Kier alpha value is -0.750. The van der Waals surface area contributed by atoms with Crippen molar-refractivity contribution in [1.29, 1.82) is 0 Å². The number of esters is 1. The van der Waals surface area contributed by atoms with E-state index in [1.54, 1.807) is 6.92 Å². The Balaban J connectivity index is 4.30. The first kappa shape index (κ1) is 14.2. The molecule has 2 N–H and O–H groups in total. The Morgan fingerprint density at radius 2 is 2.07 bits per heavy atom. The Kier molecular flexibility index (Phi) is 6.35. The number of carbonyl (C=O) groups excluding carboxylic acids is 1. The van der Waals surface area contributed by atoms with Crippen molar-refractivity contribution in [1.82, 2.24) is 0 Å². The summed E-state index contributed by atoms with van der Waals surface area (Å²) in [4.78, 5) is 21.9. The van der Waals surface area contributed by atoms with E-state index < -0.39 is 24.0 Å². The van der Waals surface area contributed by atoms with Crippen molar-refractivity contribution in [2.45, 2.75) is 19.8 Å². The van der Waals surface area contributed by atoms with Crippen molar-refractivity contribution in [2.24, 2.45) is 5.41 Å². The van der Waals surface area contributed by atoms with Crippen LogP contribution in [0.3, 0.4) is 0 Å². The number of hydrogen-bond acceptors (Lipinski definition) is 5. The van der Waals surface area contributed by atoms with Crippen molar-refractivity contribution in [3.63, 3.8) is 0 Å². The van der Waals surface area contributed by atoms with Gasteiger partial charge in [-0.2, -0.15) is 12.6 Å². The summed E-state index contributed by atoms with van der Waals surface area (Å²) >= 11 is 3.85. The summed E-state index contributed by atoms with van der Waals surface area (Å²) in [6.07, 6.45) is 0.334. The minimum Gasteiger partial charge on any atom is -0.481 e. The molecule has 0 amide bonds. The summed E-state index contributed by atoms with van der Waals surface area (Å²) < 4.78 is 4.76. The molecule has 0 radical (unpaired) electrons. The first-order valence-corrected chi connectivity index (χ1v) is 5.26. The molecular formula is C9H16O5S. The van der Waals surface area contributed by atoms with Crippen molar-refractivity contribution in [3.8, 4) is 0 Å². The third kappa shape index (κ3) is 4.09. The van der Waals surface area contributed by atoms with E-state index in [0.29, 0.717) is 5.75 Å². The molecule has 0 spiro atoms. The number of carboxylic acids is 1. The first-order chi connectivity index (χ1) is 7.02. The lowest BCUT2D eigenvalue weighted by atomic mass is 9.87. The van der Waals surface area contributed by atoms with Gasteiger partial charge in [-0.05, 0) is 6.42 Å². The molecule has 0 aromatic rings. The van der Waals surface area contributed by atoms with Gasteiger partial charge in [0.2, 0.25) is 0 Å². The van der Waals surface area contributed by atoms with Crippen LogP contribution in [0.2, 0.25) is 0 Å². The lowest BCUT2D eigenvalue weighted by Gasteiger charge is -2.24. The van der Waals surface area contributed by atoms with Crippen LogP contribution in [0.4, 0.5) is 0 Å². The summed E-state index contributed by atoms with van der Waals surface area (Å²) in [5.74, 6) is -1.31. The molecule has 15 heavy (non-hydrogen) atoms. The molecule has 0 aliphatic heterocycles. The second-order valence-electron chi connectivity index (χ2n) is 3.23. The quantitative estimate of drug-likeness (QED) is 0.438. The molecule has 0 aliphatic rings. The first-order valence-electron chi connectivity index (χ1n) is 4.63. The molecule has 0 aromatic carbocycles. The molecule has 88 valence electrons. The molecule has 0 aliphatic carbocycles. The number of rotatable bonds is 7. The van der Waals surface area contributed by atoms with E-state index >= 15 is 0 Å². The Bertz CT molecular complexity index is 225. The number of aliphatic carboxylic acids is 1. The van der Waals surface area contributed by atoms with Gasteiger partial charge < -0.3 is 14.9 Å². The van der Waals surface area contributed by atoms with E-state index in [0.717, 1.165) is 0 Å². The highest BCUT2D eigenvalue weighted by molar-refractivity contribution is 7.80. The maximum atomic E-state index is 11.0. The number of carbonyl (C=O) groups is 2. The number of ether oxygens (including phenoxy) is 1. The minimum atomic E-state index is -1.38. The molecule has 0 heterocycles. The Morgan fingerprint density at radius 1 is 1.47 bits per heavy atom. The molecule has 1 unspecified atom stereocenters. The molecule has 0 fully saturated rings. The van der Waals surface area contributed by atoms with Gasteiger partial charge in [0.25, 0.3) is 0 Å². The van der Waals surface area contributed by atoms with E-state index in [4.69, 9.17) is 14.9 Å². The fourth-order valence-corrected chi connectivity index (χ4v) is 1.10. The monoisotopic (exact) mass is 236 g/mol. The van der Waals surface area contributed by atoms with Gasteiger partial charge in [0.15, 0.2) is 0 Å². The highest BCUT2D eigenvalue weighted by Crippen LogP contribution is 2.22. The van der Waals surface area contributed by atoms with Gasteiger partial charge in [-0.3, -0.25) is 9.59 Å². The van der Waals surface area contributed by atoms with E-state index in [-0.39, 0.29) is 19.4 Å². The van der Waals surface area contributed by atoms with E-state index in [1.165, 1.54) is 0 Å². The molecular weight excluding hydrogens is 220 g/mol. The van der Waals surface area contributed by atoms with Crippen molar-refractivity contribution < 1.29 is 24.5 Å². The van der Waals surface area contributed by atoms with Crippen LogP contribution in [0.25, 0.3) is 0 Å². The zero-order valence-electron chi connectivity index (χ0n) is 8.60. The van der Waals surface area contributed by atoms with Crippen LogP contribution in [0, 0.1) is 5.41 Å². The van der Waals surface area contributed by atoms with Gasteiger partial charge in [0, 0.05) is 5.75 Å². The zero-order chi connectivity index (χ0) is 11.9. The highest BCUT2D eigenvalue weighted by atomic mass is 32.1. The molecule has 0 bridgehead atoms. The predicted molar refractivity (Wildman–Crippen MR) is 56.9 cm³/mol. The molecule has 6 heteroatoms. The number of aliphatic hydroxyl groups excluding tert-OH is 1. The van der Waals surface area contributed by atoms with Crippen LogP contribution < -0.4 is 0 Å². The van der Waals surface area contributed by atoms with E-state index in [2.05, 4.69) is 12.6 Å². The molecule has 0 saturated heterocycles. The normalized spacial score (nSPS) is 14.3. The topological polar surface area (TPSA) is 83.8 Å². The summed E-state index contributed by atoms with van der Waals surface area (Å²) in [5, 5.41) is 17.9. The SMILES string of the molecule is CCC(CO)(COC(=O)CCS)C(=O)O. The average molecular weight is 236 g/mol. The van der Waals surface area contributed by atoms with Crippen LogP contribution in [0.15, 0.2) is 0 Å². The number of carboxylic acid groups (broad SMARTS) is 1. The smallest absolute Gasteiger partial charge is 0.315 e. The maximum Gasteiger partial charge on any atom is 0.315 e. The van der Waals surface area contributed by atoms with Crippen LogP contribution in [-0.2, 0) is 14.3 Å². The Labute approximate surface area is 93.8 Å². The van der Waals surface area contributed by atoms with Crippen LogP contribution in [-0.4, -0.2) is 41.1 Å². The van der Waals surface area contributed by atoms with Gasteiger partial charge in [0.1, 0.15) is 12.0 Å². The molecule has 0 rings (SSSR count). The lowest BCUT2D eigenvalue weighted by molar-refractivity contribution is -0.162. The van der Waals surface area contributed by atoms with Crippen molar-refractivity contribution >= 4 is 24.6 Å².